The number of fused-ring (bicyclic) bond motifs is 1. The predicted octanol–water partition coefficient (Wildman–Crippen LogP) is 4.69. The Labute approximate surface area is 144 Å². The summed E-state index contributed by atoms with van der Waals surface area (Å²) in [6.45, 7) is 0.697. The molecule has 2 aromatic rings. The normalized spacial score (nSPS) is 14.8. The summed E-state index contributed by atoms with van der Waals surface area (Å²) in [6, 6.07) is 9.75. The lowest BCUT2D eigenvalue weighted by Gasteiger charge is -2.18. The van der Waals surface area contributed by atoms with Crippen molar-refractivity contribution in [2.75, 3.05) is 6.61 Å². The summed E-state index contributed by atoms with van der Waals surface area (Å²) in [5, 5.41) is 0.710. The van der Waals surface area contributed by atoms with Crippen LogP contribution in [0.4, 0.5) is 0 Å². The topological polar surface area (TPSA) is 35.2 Å². The molecule has 0 fully saturated rings. The molecule has 1 heterocycles. The fourth-order valence-electron chi connectivity index (χ4n) is 2.45. The minimum Gasteiger partial charge on any atom is -0.493 e. The Hall–Kier alpha value is -0.300. The highest BCUT2D eigenvalue weighted by Gasteiger charge is 2.23. The van der Waals surface area contributed by atoms with Gasteiger partial charge in [0.1, 0.15) is 5.75 Å². The van der Waals surface area contributed by atoms with Gasteiger partial charge >= 0.3 is 0 Å². The molecular formula is C15H12BrClINO. The van der Waals surface area contributed by atoms with E-state index in [1.165, 1.54) is 0 Å². The van der Waals surface area contributed by atoms with Crippen LogP contribution in [0.25, 0.3) is 0 Å². The number of hydrogen-bond acceptors (Lipinski definition) is 2. The van der Waals surface area contributed by atoms with Gasteiger partial charge in [-0.25, -0.2) is 0 Å². The Kier molecular flexibility index (Phi) is 4.26. The zero-order valence-corrected chi connectivity index (χ0v) is 15.0. The van der Waals surface area contributed by atoms with E-state index in [0.29, 0.717) is 11.6 Å². The molecule has 3 rings (SSSR count). The zero-order valence-electron chi connectivity index (χ0n) is 10.5. The van der Waals surface area contributed by atoms with Crippen LogP contribution < -0.4 is 10.5 Å². The van der Waals surface area contributed by atoms with Crippen molar-refractivity contribution in [3.05, 3.63) is 60.1 Å². The molecule has 2 nitrogen and oxygen atoms in total. The van der Waals surface area contributed by atoms with Crippen LogP contribution in [0.2, 0.25) is 5.02 Å². The quantitative estimate of drug-likeness (QED) is 0.655. The third-order valence-corrected chi connectivity index (χ3v) is 5.02. The zero-order chi connectivity index (χ0) is 14.3. The Morgan fingerprint density at radius 2 is 2.05 bits per heavy atom. The number of nitrogens with two attached hydrogens (primary N) is 1. The third kappa shape index (κ3) is 2.71. The molecule has 1 unspecified atom stereocenters. The molecule has 0 radical (unpaired) electrons. The summed E-state index contributed by atoms with van der Waals surface area (Å²) in [7, 11) is 0. The van der Waals surface area contributed by atoms with Crippen LogP contribution in [0.1, 0.15) is 22.7 Å². The van der Waals surface area contributed by atoms with Gasteiger partial charge in [-0.15, -0.1) is 0 Å². The van der Waals surface area contributed by atoms with Gasteiger partial charge in [0.25, 0.3) is 0 Å². The molecule has 0 bridgehead atoms. The second kappa shape index (κ2) is 5.83. The summed E-state index contributed by atoms with van der Waals surface area (Å²) >= 11 is 12.1. The Morgan fingerprint density at radius 1 is 1.25 bits per heavy atom. The van der Waals surface area contributed by atoms with Gasteiger partial charge in [0, 0.05) is 25.0 Å². The van der Waals surface area contributed by atoms with Crippen molar-refractivity contribution in [3.8, 4) is 5.75 Å². The number of ether oxygens (including phenoxy) is 1. The van der Waals surface area contributed by atoms with Crippen LogP contribution >= 0.6 is 50.1 Å². The van der Waals surface area contributed by atoms with Crippen molar-refractivity contribution in [3.63, 3.8) is 0 Å². The van der Waals surface area contributed by atoms with Crippen LogP contribution in [-0.2, 0) is 6.42 Å². The van der Waals surface area contributed by atoms with Crippen LogP contribution in [0.15, 0.2) is 34.8 Å². The average molecular weight is 465 g/mol. The van der Waals surface area contributed by atoms with Crippen LogP contribution in [0.5, 0.6) is 5.75 Å². The van der Waals surface area contributed by atoms with E-state index < -0.39 is 0 Å². The minimum absolute atomic E-state index is 0.260. The lowest BCUT2D eigenvalue weighted by atomic mass is 9.96. The summed E-state index contributed by atoms with van der Waals surface area (Å²) < 4.78 is 7.89. The second-order valence-electron chi connectivity index (χ2n) is 4.73. The maximum absolute atomic E-state index is 6.46. The van der Waals surface area contributed by atoms with Crippen LogP contribution in [-0.4, -0.2) is 6.61 Å². The predicted molar refractivity (Wildman–Crippen MR) is 93.5 cm³/mol. The van der Waals surface area contributed by atoms with E-state index >= 15 is 0 Å². The first-order chi connectivity index (χ1) is 9.56. The SMILES string of the molecule is NC(c1cc(I)ccc1Br)c1cc(Cl)cc2c1OCC2. The highest BCUT2D eigenvalue weighted by atomic mass is 127. The molecule has 5 heteroatoms. The Morgan fingerprint density at radius 3 is 2.85 bits per heavy atom. The highest BCUT2D eigenvalue weighted by molar-refractivity contribution is 14.1. The molecule has 1 aliphatic heterocycles. The summed E-state index contributed by atoms with van der Waals surface area (Å²) in [5.41, 5.74) is 9.59. The molecule has 2 N–H and O–H groups in total. The van der Waals surface area contributed by atoms with Crippen molar-refractivity contribution in [2.45, 2.75) is 12.5 Å². The summed E-state index contributed by atoms with van der Waals surface area (Å²) in [5.74, 6) is 0.896. The minimum atomic E-state index is -0.260. The lowest BCUT2D eigenvalue weighted by molar-refractivity contribution is 0.352. The molecule has 0 aliphatic carbocycles. The fourth-order valence-corrected chi connectivity index (χ4v) is 3.71. The standard InChI is InChI=1S/C15H12BrClINO/c16-13-2-1-10(18)7-11(13)14(19)12-6-9(17)5-8-3-4-20-15(8)12/h1-2,5-7,14H,3-4,19H2. The van der Waals surface area contributed by atoms with Gasteiger partial charge in [-0.1, -0.05) is 27.5 Å². The third-order valence-electron chi connectivity index (χ3n) is 3.41. The Bertz CT molecular complexity index is 677. The molecule has 0 saturated carbocycles. The molecule has 0 spiro atoms. The average Bonchev–Trinajstić information content (AvgIpc) is 2.87. The van der Waals surface area contributed by atoms with Crippen molar-refractivity contribution < 1.29 is 4.74 Å². The molecule has 20 heavy (non-hydrogen) atoms. The monoisotopic (exact) mass is 463 g/mol. The van der Waals surface area contributed by atoms with E-state index in [9.17, 15) is 0 Å². The van der Waals surface area contributed by atoms with E-state index in [0.717, 1.165) is 36.9 Å². The maximum Gasteiger partial charge on any atom is 0.127 e. The first kappa shape index (κ1) is 14.6. The van der Waals surface area contributed by atoms with Gasteiger partial charge in [-0.2, -0.15) is 0 Å². The molecule has 0 saturated heterocycles. The molecule has 0 amide bonds. The summed E-state index contributed by atoms with van der Waals surface area (Å²) in [4.78, 5) is 0. The smallest absolute Gasteiger partial charge is 0.127 e. The van der Waals surface area contributed by atoms with E-state index in [2.05, 4.69) is 44.6 Å². The molecular weight excluding hydrogens is 452 g/mol. The maximum atomic E-state index is 6.46. The Balaban J connectivity index is 2.11. The summed E-state index contributed by atoms with van der Waals surface area (Å²) in [6.07, 6.45) is 0.892. The largest absolute Gasteiger partial charge is 0.493 e. The van der Waals surface area contributed by atoms with Crippen molar-refractivity contribution >= 4 is 50.1 Å². The van der Waals surface area contributed by atoms with Gasteiger partial charge in [-0.05, 0) is 64.0 Å². The van der Waals surface area contributed by atoms with Crippen LogP contribution in [0.3, 0.4) is 0 Å². The van der Waals surface area contributed by atoms with Crippen molar-refractivity contribution in [1.29, 1.82) is 0 Å². The fraction of sp³-hybridized carbons (Fsp3) is 0.200. The number of hydrogen-bond donors (Lipinski definition) is 1. The molecule has 0 aromatic heterocycles. The van der Waals surface area contributed by atoms with Crippen molar-refractivity contribution in [1.82, 2.24) is 0 Å². The van der Waals surface area contributed by atoms with Gasteiger partial charge in [0.05, 0.1) is 12.6 Å². The molecule has 104 valence electrons. The van der Waals surface area contributed by atoms with Gasteiger partial charge in [-0.3, -0.25) is 0 Å². The number of halogens is 3. The van der Waals surface area contributed by atoms with Crippen LogP contribution in [0, 0.1) is 3.57 Å². The lowest BCUT2D eigenvalue weighted by Crippen LogP contribution is -2.14. The van der Waals surface area contributed by atoms with E-state index in [1.54, 1.807) is 0 Å². The molecule has 1 aliphatic rings. The van der Waals surface area contributed by atoms with Gasteiger partial charge < -0.3 is 10.5 Å². The van der Waals surface area contributed by atoms with Crippen molar-refractivity contribution in [2.24, 2.45) is 5.73 Å². The van der Waals surface area contributed by atoms with Gasteiger partial charge in [0.15, 0.2) is 0 Å². The number of benzene rings is 2. The second-order valence-corrected chi connectivity index (χ2v) is 7.26. The number of rotatable bonds is 2. The first-order valence-electron chi connectivity index (χ1n) is 6.22. The van der Waals surface area contributed by atoms with Gasteiger partial charge in [0.2, 0.25) is 0 Å². The van der Waals surface area contributed by atoms with E-state index in [1.807, 2.05) is 24.3 Å². The van der Waals surface area contributed by atoms with E-state index in [4.69, 9.17) is 22.1 Å². The van der Waals surface area contributed by atoms with E-state index in [-0.39, 0.29) is 6.04 Å². The molecule has 2 aromatic carbocycles. The first-order valence-corrected chi connectivity index (χ1v) is 8.47. The highest BCUT2D eigenvalue weighted by Crippen LogP contribution is 2.39. The molecule has 1 atom stereocenters.